The van der Waals surface area contributed by atoms with E-state index >= 15 is 0 Å². The van der Waals surface area contributed by atoms with Crippen molar-refractivity contribution in [3.05, 3.63) is 65.6 Å². The van der Waals surface area contributed by atoms with Gasteiger partial charge in [-0.25, -0.2) is 9.98 Å². The lowest BCUT2D eigenvalue weighted by molar-refractivity contribution is 1.15. The highest BCUT2D eigenvalue weighted by Gasteiger charge is 2.00. The highest BCUT2D eigenvalue weighted by molar-refractivity contribution is 6.30. The molecule has 0 saturated heterocycles. The van der Waals surface area contributed by atoms with E-state index in [1.807, 2.05) is 61.7 Å². The highest BCUT2D eigenvalue weighted by Crippen LogP contribution is 2.21. The molecule has 5 heteroatoms. The number of aliphatic imine (C=N–C) groups is 1. The van der Waals surface area contributed by atoms with Crippen molar-refractivity contribution in [3.8, 4) is 11.3 Å². The molecule has 0 radical (unpaired) electrons. The molecule has 2 aromatic carbocycles. The number of hydrogen-bond acceptors (Lipinski definition) is 2. The largest absolute Gasteiger partial charge is 0.348 e. The van der Waals surface area contributed by atoms with Crippen molar-refractivity contribution >= 4 is 29.3 Å². The number of aromatic nitrogens is 2. The van der Waals surface area contributed by atoms with Crippen molar-refractivity contribution in [1.29, 1.82) is 0 Å². The molecule has 0 atom stereocenters. The fourth-order valence-electron chi connectivity index (χ4n) is 2.01. The minimum Gasteiger partial charge on any atom is -0.348 e. The fourth-order valence-corrected chi connectivity index (χ4v) is 2.14. The van der Waals surface area contributed by atoms with Gasteiger partial charge >= 0.3 is 0 Å². The summed E-state index contributed by atoms with van der Waals surface area (Å²) < 4.78 is 0. The third-order valence-corrected chi connectivity index (χ3v) is 3.41. The van der Waals surface area contributed by atoms with Gasteiger partial charge in [-0.2, -0.15) is 0 Å². The molecule has 3 rings (SSSR count). The molecule has 1 aromatic heterocycles. The molecule has 0 bridgehead atoms. The van der Waals surface area contributed by atoms with Crippen LogP contribution in [0.1, 0.15) is 5.82 Å². The quantitative estimate of drug-likeness (QED) is 0.536. The van der Waals surface area contributed by atoms with Gasteiger partial charge < -0.3 is 10.3 Å². The van der Waals surface area contributed by atoms with E-state index in [0.717, 1.165) is 28.5 Å². The van der Waals surface area contributed by atoms with Gasteiger partial charge in [0, 0.05) is 22.5 Å². The van der Waals surface area contributed by atoms with Crippen LogP contribution >= 0.6 is 11.6 Å². The predicted octanol–water partition coefficient (Wildman–Crippen LogP) is 4.81. The Hall–Kier alpha value is -2.59. The maximum atomic E-state index is 5.84. The van der Waals surface area contributed by atoms with Crippen LogP contribution in [0.15, 0.2) is 59.7 Å². The van der Waals surface area contributed by atoms with Crippen LogP contribution in [0, 0.1) is 6.92 Å². The Labute approximate surface area is 133 Å². The number of aromatic amines is 1. The number of benzene rings is 2. The predicted molar refractivity (Wildman–Crippen MR) is 92.0 cm³/mol. The van der Waals surface area contributed by atoms with E-state index in [1.165, 1.54) is 0 Å². The summed E-state index contributed by atoms with van der Waals surface area (Å²) in [6.45, 7) is 1.94. The summed E-state index contributed by atoms with van der Waals surface area (Å²) in [4.78, 5) is 11.8. The van der Waals surface area contributed by atoms with Gasteiger partial charge in [0.1, 0.15) is 5.82 Å². The zero-order chi connectivity index (χ0) is 15.4. The fraction of sp³-hybridized carbons (Fsp3) is 0.0588. The van der Waals surface area contributed by atoms with Crippen molar-refractivity contribution in [2.45, 2.75) is 6.92 Å². The SMILES string of the molecule is Cc1nc(-c2ccc(/N=C/Nc3ccc(Cl)cc3)cc2)c[nH]1. The van der Waals surface area contributed by atoms with Gasteiger partial charge in [-0.1, -0.05) is 23.7 Å². The Morgan fingerprint density at radius 1 is 1.09 bits per heavy atom. The van der Waals surface area contributed by atoms with Gasteiger partial charge in [0.05, 0.1) is 17.7 Å². The van der Waals surface area contributed by atoms with Crippen LogP contribution in [0.5, 0.6) is 0 Å². The summed E-state index contributed by atoms with van der Waals surface area (Å²) in [6, 6.07) is 15.4. The maximum absolute atomic E-state index is 5.84. The normalized spacial score (nSPS) is 11.0. The lowest BCUT2D eigenvalue weighted by atomic mass is 10.1. The van der Waals surface area contributed by atoms with Gasteiger partial charge in [-0.3, -0.25) is 0 Å². The molecule has 22 heavy (non-hydrogen) atoms. The van der Waals surface area contributed by atoms with E-state index in [2.05, 4.69) is 20.3 Å². The second-order valence-electron chi connectivity index (χ2n) is 4.83. The second-order valence-corrected chi connectivity index (χ2v) is 5.26. The Bertz CT molecular complexity index is 773. The minimum absolute atomic E-state index is 0.715. The molecule has 1 heterocycles. The molecule has 0 unspecified atom stereocenters. The van der Waals surface area contributed by atoms with Gasteiger partial charge in [-0.15, -0.1) is 0 Å². The summed E-state index contributed by atoms with van der Waals surface area (Å²) in [5, 5.41) is 3.82. The zero-order valence-corrected chi connectivity index (χ0v) is 12.8. The first kappa shape index (κ1) is 14.4. The van der Waals surface area contributed by atoms with Gasteiger partial charge in [0.15, 0.2) is 0 Å². The van der Waals surface area contributed by atoms with Crippen LogP contribution in [0.4, 0.5) is 11.4 Å². The third kappa shape index (κ3) is 3.54. The van der Waals surface area contributed by atoms with Crippen LogP contribution in [-0.4, -0.2) is 16.3 Å². The summed E-state index contributed by atoms with van der Waals surface area (Å²) in [5.74, 6) is 0.907. The number of aryl methyl sites for hydroxylation is 1. The molecule has 0 amide bonds. The van der Waals surface area contributed by atoms with Gasteiger partial charge in [0.25, 0.3) is 0 Å². The molecule has 0 aliphatic carbocycles. The van der Waals surface area contributed by atoms with Crippen LogP contribution in [0.2, 0.25) is 5.02 Å². The third-order valence-electron chi connectivity index (χ3n) is 3.16. The van der Waals surface area contributed by atoms with Crippen LogP contribution < -0.4 is 5.32 Å². The lowest BCUT2D eigenvalue weighted by Gasteiger charge is -2.00. The van der Waals surface area contributed by atoms with Crippen molar-refractivity contribution in [2.24, 2.45) is 4.99 Å². The molecule has 4 nitrogen and oxygen atoms in total. The summed E-state index contributed by atoms with van der Waals surface area (Å²) in [6.07, 6.45) is 3.56. The minimum atomic E-state index is 0.715. The van der Waals surface area contributed by atoms with E-state index in [9.17, 15) is 0 Å². The maximum Gasteiger partial charge on any atom is 0.103 e. The number of nitrogens with one attached hydrogen (secondary N) is 2. The Kier molecular flexibility index (Phi) is 4.21. The Morgan fingerprint density at radius 3 is 2.45 bits per heavy atom. The molecule has 0 aliphatic rings. The molecule has 0 spiro atoms. The Morgan fingerprint density at radius 2 is 1.82 bits per heavy atom. The Balaban J connectivity index is 1.65. The average Bonchev–Trinajstić information content (AvgIpc) is 2.97. The molecule has 0 fully saturated rings. The van der Waals surface area contributed by atoms with Crippen molar-refractivity contribution in [2.75, 3.05) is 5.32 Å². The molecule has 3 aromatic rings. The molecule has 0 saturated carbocycles. The van der Waals surface area contributed by atoms with Crippen LogP contribution in [-0.2, 0) is 0 Å². The molecule has 0 aliphatic heterocycles. The van der Waals surface area contributed by atoms with Crippen molar-refractivity contribution in [3.63, 3.8) is 0 Å². The van der Waals surface area contributed by atoms with E-state index < -0.39 is 0 Å². The number of H-pyrrole nitrogens is 1. The number of rotatable bonds is 4. The van der Waals surface area contributed by atoms with Crippen LogP contribution in [0.25, 0.3) is 11.3 Å². The number of anilines is 1. The van der Waals surface area contributed by atoms with E-state index in [-0.39, 0.29) is 0 Å². The second kappa shape index (κ2) is 6.45. The first-order valence-corrected chi connectivity index (χ1v) is 7.25. The monoisotopic (exact) mass is 310 g/mol. The smallest absolute Gasteiger partial charge is 0.103 e. The molecule has 110 valence electrons. The number of halogens is 1. The molecular formula is C17H15ClN4. The van der Waals surface area contributed by atoms with Gasteiger partial charge in [0.2, 0.25) is 0 Å². The topological polar surface area (TPSA) is 53.1 Å². The van der Waals surface area contributed by atoms with E-state index in [0.29, 0.717) is 5.02 Å². The van der Waals surface area contributed by atoms with Crippen molar-refractivity contribution < 1.29 is 0 Å². The standard InChI is InChI=1S/C17H15ClN4/c1-12-19-10-17(22-12)13-2-6-15(7-3-13)20-11-21-16-8-4-14(18)5-9-16/h2-11H,1H3,(H,19,22)(H,20,21). The molecule has 2 N–H and O–H groups in total. The van der Waals surface area contributed by atoms with E-state index in [4.69, 9.17) is 11.6 Å². The lowest BCUT2D eigenvalue weighted by Crippen LogP contribution is -1.93. The summed E-state index contributed by atoms with van der Waals surface area (Å²) in [7, 11) is 0. The first-order valence-electron chi connectivity index (χ1n) is 6.88. The van der Waals surface area contributed by atoms with E-state index in [1.54, 1.807) is 6.34 Å². The summed E-state index contributed by atoms with van der Waals surface area (Å²) >= 11 is 5.84. The summed E-state index contributed by atoms with van der Waals surface area (Å²) in [5.41, 5.74) is 3.82. The number of hydrogen-bond donors (Lipinski definition) is 2. The average molecular weight is 311 g/mol. The number of nitrogens with zero attached hydrogens (tertiary/aromatic N) is 2. The molecular weight excluding hydrogens is 296 g/mol. The number of imidazole rings is 1. The van der Waals surface area contributed by atoms with Crippen molar-refractivity contribution in [1.82, 2.24) is 9.97 Å². The first-order chi connectivity index (χ1) is 10.7. The zero-order valence-electron chi connectivity index (χ0n) is 12.0. The van der Waals surface area contributed by atoms with Gasteiger partial charge in [-0.05, 0) is 43.3 Å². The van der Waals surface area contributed by atoms with Crippen LogP contribution in [0.3, 0.4) is 0 Å². The highest BCUT2D eigenvalue weighted by atomic mass is 35.5.